The molecule has 2 saturated heterocycles. The first-order valence-corrected chi connectivity index (χ1v) is 6.46. The third kappa shape index (κ3) is 3.46. The van der Waals surface area contributed by atoms with Crippen molar-refractivity contribution in [1.82, 2.24) is 10.2 Å². The molecule has 0 unspecified atom stereocenters. The van der Waals surface area contributed by atoms with Crippen LogP contribution in [-0.4, -0.2) is 49.7 Å². The molecule has 0 radical (unpaired) electrons. The van der Waals surface area contributed by atoms with Crippen LogP contribution in [0.3, 0.4) is 0 Å². The summed E-state index contributed by atoms with van der Waals surface area (Å²) in [7, 11) is 0. The van der Waals surface area contributed by atoms with Crippen molar-refractivity contribution in [1.29, 1.82) is 0 Å². The van der Waals surface area contributed by atoms with Gasteiger partial charge in [-0.05, 0) is 38.6 Å². The maximum atomic E-state index is 11.8. The van der Waals surface area contributed by atoms with Crippen LogP contribution in [0.2, 0.25) is 0 Å². The number of piperidine rings is 2. The zero-order valence-electron chi connectivity index (χ0n) is 9.91. The smallest absolute Gasteiger partial charge is 0.248 e. The van der Waals surface area contributed by atoms with E-state index in [4.69, 9.17) is 4.74 Å². The highest BCUT2D eigenvalue weighted by Crippen LogP contribution is 2.10. The minimum atomic E-state index is 0.172. The average Bonchev–Trinajstić information content (AvgIpc) is 2.38. The number of nitrogens with zero attached hydrogens (tertiary/aromatic N) is 1. The molecule has 16 heavy (non-hydrogen) atoms. The Morgan fingerprint density at radius 3 is 2.75 bits per heavy atom. The van der Waals surface area contributed by atoms with Gasteiger partial charge in [0.15, 0.2) is 0 Å². The molecular weight excluding hydrogens is 204 g/mol. The summed E-state index contributed by atoms with van der Waals surface area (Å²) < 4.78 is 5.64. The van der Waals surface area contributed by atoms with Crippen molar-refractivity contribution in [3.8, 4) is 0 Å². The largest absolute Gasteiger partial charge is 0.367 e. The van der Waals surface area contributed by atoms with E-state index in [1.807, 2.05) is 4.90 Å². The fourth-order valence-electron chi connectivity index (χ4n) is 2.39. The Morgan fingerprint density at radius 2 is 2.06 bits per heavy atom. The normalized spacial score (nSPS) is 26.8. The minimum Gasteiger partial charge on any atom is -0.367 e. The van der Waals surface area contributed by atoms with E-state index < -0.39 is 0 Å². The molecule has 1 atom stereocenters. The van der Waals surface area contributed by atoms with Crippen LogP contribution in [-0.2, 0) is 9.53 Å². The second kappa shape index (κ2) is 6.21. The first-order chi connectivity index (χ1) is 7.86. The Kier molecular flexibility index (Phi) is 4.60. The lowest BCUT2D eigenvalue weighted by atomic mass is 10.1. The Labute approximate surface area is 97.3 Å². The second-order valence-corrected chi connectivity index (χ2v) is 4.72. The van der Waals surface area contributed by atoms with Crippen molar-refractivity contribution < 1.29 is 9.53 Å². The predicted octanol–water partition coefficient (Wildman–Crippen LogP) is 0.767. The molecule has 2 heterocycles. The van der Waals surface area contributed by atoms with E-state index >= 15 is 0 Å². The van der Waals surface area contributed by atoms with Gasteiger partial charge in [0, 0.05) is 19.6 Å². The van der Waals surface area contributed by atoms with Crippen LogP contribution >= 0.6 is 0 Å². The molecule has 2 aliphatic heterocycles. The van der Waals surface area contributed by atoms with Crippen molar-refractivity contribution in [3.63, 3.8) is 0 Å². The summed E-state index contributed by atoms with van der Waals surface area (Å²) in [5.41, 5.74) is 0. The summed E-state index contributed by atoms with van der Waals surface area (Å²) in [6.45, 7) is 4.09. The Morgan fingerprint density at radius 1 is 1.25 bits per heavy atom. The molecule has 2 rings (SSSR count). The monoisotopic (exact) mass is 226 g/mol. The lowest BCUT2D eigenvalue weighted by molar-refractivity contribution is -0.139. The van der Waals surface area contributed by atoms with Gasteiger partial charge in [-0.1, -0.05) is 0 Å². The van der Waals surface area contributed by atoms with Gasteiger partial charge in [0.25, 0.3) is 0 Å². The van der Waals surface area contributed by atoms with Gasteiger partial charge in [-0.3, -0.25) is 4.79 Å². The fraction of sp³-hybridized carbons (Fsp3) is 0.917. The first-order valence-electron chi connectivity index (χ1n) is 6.46. The minimum absolute atomic E-state index is 0.172. The third-order valence-electron chi connectivity index (χ3n) is 3.40. The van der Waals surface area contributed by atoms with Gasteiger partial charge in [-0.25, -0.2) is 0 Å². The summed E-state index contributed by atoms with van der Waals surface area (Å²) in [4.78, 5) is 13.8. The summed E-state index contributed by atoms with van der Waals surface area (Å²) in [6, 6.07) is 0. The zero-order chi connectivity index (χ0) is 11.2. The van der Waals surface area contributed by atoms with E-state index in [-0.39, 0.29) is 18.6 Å². The van der Waals surface area contributed by atoms with Crippen molar-refractivity contribution >= 4 is 5.91 Å². The fourth-order valence-corrected chi connectivity index (χ4v) is 2.39. The molecule has 2 aliphatic rings. The quantitative estimate of drug-likeness (QED) is 0.773. The number of nitrogens with one attached hydrogen (secondary N) is 1. The van der Waals surface area contributed by atoms with E-state index in [0.29, 0.717) is 0 Å². The van der Waals surface area contributed by atoms with E-state index in [0.717, 1.165) is 51.9 Å². The van der Waals surface area contributed by atoms with Crippen LogP contribution in [0.1, 0.15) is 32.1 Å². The number of rotatable bonds is 3. The number of hydrogen-bond acceptors (Lipinski definition) is 3. The van der Waals surface area contributed by atoms with E-state index in [2.05, 4.69) is 5.32 Å². The Balaban J connectivity index is 1.65. The molecule has 0 bridgehead atoms. The number of ether oxygens (including phenoxy) is 1. The van der Waals surface area contributed by atoms with Gasteiger partial charge in [0.1, 0.15) is 6.61 Å². The van der Waals surface area contributed by atoms with Gasteiger partial charge < -0.3 is 15.0 Å². The van der Waals surface area contributed by atoms with Crippen LogP contribution in [0.25, 0.3) is 0 Å². The number of likely N-dealkylation sites (tertiary alicyclic amines) is 1. The van der Waals surface area contributed by atoms with Crippen molar-refractivity contribution in [2.75, 3.05) is 32.8 Å². The van der Waals surface area contributed by atoms with Crippen LogP contribution in [0.15, 0.2) is 0 Å². The maximum absolute atomic E-state index is 11.8. The number of carbonyl (C=O) groups excluding carboxylic acids is 1. The number of amides is 1. The van der Waals surface area contributed by atoms with Gasteiger partial charge >= 0.3 is 0 Å². The second-order valence-electron chi connectivity index (χ2n) is 4.72. The lowest BCUT2D eigenvalue weighted by Crippen LogP contribution is -2.41. The Bertz CT molecular complexity index is 221. The highest BCUT2D eigenvalue weighted by atomic mass is 16.5. The van der Waals surface area contributed by atoms with E-state index in [1.54, 1.807) is 0 Å². The van der Waals surface area contributed by atoms with E-state index in [9.17, 15) is 4.79 Å². The molecule has 0 aromatic rings. The topological polar surface area (TPSA) is 41.6 Å². The summed E-state index contributed by atoms with van der Waals surface area (Å²) in [5, 5.41) is 3.29. The Hall–Kier alpha value is -0.610. The average molecular weight is 226 g/mol. The van der Waals surface area contributed by atoms with E-state index in [1.165, 1.54) is 6.42 Å². The molecule has 1 amide bonds. The molecule has 92 valence electrons. The summed E-state index contributed by atoms with van der Waals surface area (Å²) >= 11 is 0. The molecule has 4 heteroatoms. The highest BCUT2D eigenvalue weighted by molar-refractivity contribution is 5.77. The van der Waals surface area contributed by atoms with Crippen LogP contribution in [0, 0.1) is 0 Å². The lowest BCUT2D eigenvalue weighted by Gasteiger charge is -2.28. The molecule has 1 N–H and O–H groups in total. The standard InChI is InChI=1S/C12H22N2O2/c15-12(14-7-2-1-3-8-14)10-16-11-5-4-6-13-9-11/h11,13H,1-10H2/t11-/m1/s1. The van der Waals surface area contributed by atoms with Gasteiger partial charge in [-0.2, -0.15) is 0 Å². The molecule has 0 saturated carbocycles. The molecule has 4 nitrogen and oxygen atoms in total. The number of hydrogen-bond donors (Lipinski definition) is 1. The maximum Gasteiger partial charge on any atom is 0.248 e. The van der Waals surface area contributed by atoms with Crippen molar-refractivity contribution in [2.24, 2.45) is 0 Å². The third-order valence-corrected chi connectivity index (χ3v) is 3.40. The van der Waals surface area contributed by atoms with Crippen molar-refractivity contribution in [2.45, 2.75) is 38.2 Å². The predicted molar refractivity (Wildman–Crippen MR) is 62.3 cm³/mol. The first kappa shape index (κ1) is 11.9. The molecule has 0 spiro atoms. The SMILES string of the molecule is O=C(CO[C@@H]1CCCNC1)N1CCCCC1. The zero-order valence-corrected chi connectivity index (χ0v) is 9.91. The van der Waals surface area contributed by atoms with Crippen LogP contribution in [0.5, 0.6) is 0 Å². The van der Waals surface area contributed by atoms with Crippen molar-refractivity contribution in [3.05, 3.63) is 0 Å². The molecule has 2 fully saturated rings. The summed E-state index contributed by atoms with van der Waals surface area (Å²) in [5.74, 6) is 0.172. The molecular formula is C12H22N2O2. The van der Waals surface area contributed by atoms with Gasteiger partial charge in [0.05, 0.1) is 6.10 Å². The summed E-state index contributed by atoms with van der Waals surface area (Å²) in [6.07, 6.45) is 6.04. The molecule has 0 aliphatic carbocycles. The number of carbonyl (C=O) groups is 1. The van der Waals surface area contributed by atoms with Crippen LogP contribution < -0.4 is 5.32 Å². The highest BCUT2D eigenvalue weighted by Gasteiger charge is 2.19. The van der Waals surface area contributed by atoms with Crippen LogP contribution in [0.4, 0.5) is 0 Å². The van der Waals surface area contributed by atoms with Gasteiger partial charge in [0.2, 0.25) is 5.91 Å². The van der Waals surface area contributed by atoms with Gasteiger partial charge in [-0.15, -0.1) is 0 Å². The molecule has 0 aromatic carbocycles. The molecule has 0 aromatic heterocycles.